The highest BCUT2D eigenvalue weighted by Gasteiger charge is 2.24. The second-order valence-corrected chi connectivity index (χ2v) is 7.26. The predicted octanol–water partition coefficient (Wildman–Crippen LogP) is 1.60. The van der Waals surface area contributed by atoms with Gasteiger partial charge in [-0.25, -0.2) is 4.98 Å². The van der Waals surface area contributed by atoms with Crippen molar-refractivity contribution in [1.29, 1.82) is 0 Å². The van der Waals surface area contributed by atoms with Gasteiger partial charge in [-0.15, -0.1) is 5.92 Å². The van der Waals surface area contributed by atoms with E-state index in [0.717, 1.165) is 16.7 Å². The zero-order chi connectivity index (χ0) is 22.4. The Hall–Kier alpha value is -3.64. The molecule has 0 aliphatic rings. The summed E-state index contributed by atoms with van der Waals surface area (Å²) in [4.78, 5) is 28.5. The number of hydrogen-bond acceptors (Lipinski definition) is 7. The molecule has 0 aromatic carbocycles. The molecule has 9 nitrogen and oxygen atoms in total. The number of pyridine rings is 2. The van der Waals surface area contributed by atoms with Crippen molar-refractivity contribution < 1.29 is 4.79 Å². The number of fused-ring (bicyclic) bond motifs is 1. The van der Waals surface area contributed by atoms with Crippen molar-refractivity contribution in [2.75, 3.05) is 30.9 Å². The van der Waals surface area contributed by atoms with Gasteiger partial charge in [0, 0.05) is 32.9 Å². The van der Waals surface area contributed by atoms with E-state index in [0.29, 0.717) is 30.5 Å². The van der Waals surface area contributed by atoms with Gasteiger partial charge in [-0.3, -0.25) is 14.3 Å². The Morgan fingerprint density at radius 1 is 1.29 bits per heavy atom. The number of nitrogens with zero attached hydrogens (tertiary/aromatic N) is 5. The average Bonchev–Trinajstić information content (AvgIpc) is 3.14. The van der Waals surface area contributed by atoms with Gasteiger partial charge < -0.3 is 21.3 Å². The fourth-order valence-corrected chi connectivity index (χ4v) is 3.31. The summed E-state index contributed by atoms with van der Waals surface area (Å²) in [6.07, 6.45) is 1.73. The quantitative estimate of drug-likeness (QED) is 0.474. The molecule has 3 aromatic heterocycles. The van der Waals surface area contributed by atoms with Crippen LogP contribution in [0.5, 0.6) is 0 Å². The normalized spacial score (nSPS) is 11.5. The van der Waals surface area contributed by atoms with Crippen molar-refractivity contribution in [3.05, 3.63) is 41.9 Å². The largest absolute Gasteiger partial charge is 0.371 e. The zero-order valence-electron chi connectivity index (χ0n) is 18.3. The van der Waals surface area contributed by atoms with Gasteiger partial charge in [-0.2, -0.15) is 4.98 Å². The maximum atomic E-state index is 13.2. The molecule has 9 heteroatoms. The highest BCUT2D eigenvalue weighted by molar-refractivity contribution is 5.98. The molecule has 0 aliphatic heterocycles. The molecule has 0 saturated carbocycles. The number of rotatable bonds is 8. The molecule has 1 amide bonds. The van der Waals surface area contributed by atoms with E-state index in [1.807, 2.05) is 43.1 Å². The van der Waals surface area contributed by atoms with E-state index in [1.165, 1.54) is 0 Å². The number of carbonyl (C=O) groups excluding carboxylic acids is 1. The van der Waals surface area contributed by atoms with Gasteiger partial charge in [0.15, 0.2) is 11.5 Å². The van der Waals surface area contributed by atoms with E-state index in [4.69, 9.17) is 5.73 Å². The van der Waals surface area contributed by atoms with Gasteiger partial charge in [0.25, 0.3) is 5.91 Å². The standard InChI is InChI=1S/C22H28N8O/c1-5-6-12-30-19(20(24-3)28-22(30)29(4)14-15(2)23)21(31)26-13-16-9-10-17-18(27-16)8-7-11-25-17/h7-11,15,24H,12-14,23H2,1-4H3,(H,26,31)/t15-/m0/s1. The molecule has 0 spiro atoms. The molecular formula is C22H28N8O. The number of nitrogens with two attached hydrogens (primary N) is 1. The minimum atomic E-state index is -0.261. The van der Waals surface area contributed by atoms with E-state index in [9.17, 15) is 4.79 Å². The Labute approximate surface area is 182 Å². The van der Waals surface area contributed by atoms with Crippen LogP contribution in [0.3, 0.4) is 0 Å². The number of likely N-dealkylation sites (N-methyl/N-ethyl adjacent to an activating group) is 1. The van der Waals surface area contributed by atoms with E-state index in [1.54, 1.807) is 24.7 Å². The first kappa shape index (κ1) is 22.1. The van der Waals surface area contributed by atoms with Crippen LogP contribution in [-0.4, -0.2) is 52.1 Å². The third kappa shape index (κ3) is 5.10. The summed E-state index contributed by atoms with van der Waals surface area (Å²) in [6, 6.07) is 7.44. The summed E-state index contributed by atoms with van der Waals surface area (Å²) in [5.41, 5.74) is 8.72. The van der Waals surface area contributed by atoms with Crippen molar-refractivity contribution in [3.8, 4) is 11.8 Å². The predicted molar refractivity (Wildman–Crippen MR) is 123 cm³/mol. The summed E-state index contributed by atoms with van der Waals surface area (Å²) in [6.45, 7) is 4.90. The van der Waals surface area contributed by atoms with Crippen LogP contribution >= 0.6 is 0 Å². The molecule has 0 fully saturated rings. The summed E-state index contributed by atoms with van der Waals surface area (Å²) in [5.74, 6) is 6.76. The summed E-state index contributed by atoms with van der Waals surface area (Å²) >= 11 is 0. The fraction of sp³-hybridized carbons (Fsp3) is 0.364. The maximum absolute atomic E-state index is 13.2. The third-order valence-electron chi connectivity index (χ3n) is 4.66. The van der Waals surface area contributed by atoms with Crippen molar-refractivity contribution in [1.82, 2.24) is 24.8 Å². The molecule has 162 valence electrons. The highest BCUT2D eigenvalue weighted by Crippen LogP contribution is 2.23. The first-order valence-electron chi connectivity index (χ1n) is 10.1. The highest BCUT2D eigenvalue weighted by atomic mass is 16.2. The van der Waals surface area contributed by atoms with Crippen LogP contribution in [0.25, 0.3) is 11.0 Å². The van der Waals surface area contributed by atoms with Crippen molar-refractivity contribution in [3.63, 3.8) is 0 Å². The Morgan fingerprint density at radius 2 is 2.10 bits per heavy atom. The number of nitrogens with one attached hydrogen (secondary N) is 2. The first-order chi connectivity index (χ1) is 14.9. The molecule has 0 bridgehead atoms. The molecule has 0 aliphatic carbocycles. The van der Waals surface area contributed by atoms with Crippen LogP contribution in [0.15, 0.2) is 30.5 Å². The number of imidazole rings is 1. The maximum Gasteiger partial charge on any atom is 0.272 e. The van der Waals surface area contributed by atoms with Crippen LogP contribution in [0.1, 0.15) is 30.0 Å². The van der Waals surface area contributed by atoms with Crippen LogP contribution in [-0.2, 0) is 13.1 Å². The third-order valence-corrected chi connectivity index (χ3v) is 4.66. The topological polar surface area (TPSA) is 114 Å². The van der Waals surface area contributed by atoms with Crippen molar-refractivity contribution in [2.45, 2.75) is 33.0 Å². The van der Waals surface area contributed by atoms with E-state index < -0.39 is 0 Å². The molecule has 0 unspecified atom stereocenters. The van der Waals surface area contributed by atoms with Crippen LogP contribution < -0.4 is 21.3 Å². The van der Waals surface area contributed by atoms with Crippen molar-refractivity contribution in [2.24, 2.45) is 5.73 Å². The molecule has 0 saturated heterocycles. The molecule has 4 N–H and O–H groups in total. The molecule has 31 heavy (non-hydrogen) atoms. The summed E-state index contributed by atoms with van der Waals surface area (Å²) in [5, 5.41) is 5.97. The number of amides is 1. The summed E-state index contributed by atoms with van der Waals surface area (Å²) < 4.78 is 1.80. The van der Waals surface area contributed by atoms with E-state index in [-0.39, 0.29) is 18.5 Å². The van der Waals surface area contributed by atoms with Crippen LogP contribution in [0.4, 0.5) is 11.8 Å². The lowest BCUT2D eigenvalue weighted by Crippen LogP contribution is -2.35. The van der Waals surface area contributed by atoms with Crippen molar-refractivity contribution >= 4 is 28.7 Å². The Balaban J connectivity index is 1.88. The molecule has 3 heterocycles. The number of carbonyl (C=O) groups is 1. The Kier molecular flexibility index (Phi) is 7.05. The second-order valence-electron chi connectivity index (χ2n) is 7.26. The smallest absolute Gasteiger partial charge is 0.272 e. The lowest BCUT2D eigenvalue weighted by molar-refractivity contribution is 0.0942. The van der Waals surface area contributed by atoms with Gasteiger partial charge in [-0.1, -0.05) is 5.92 Å². The molecular weight excluding hydrogens is 392 g/mol. The van der Waals surface area contributed by atoms with E-state index >= 15 is 0 Å². The molecule has 3 aromatic rings. The van der Waals surface area contributed by atoms with E-state index in [2.05, 4.69) is 37.4 Å². The Morgan fingerprint density at radius 3 is 2.81 bits per heavy atom. The lowest BCUT2D eigenvalue weighted by atomic mass is 10.2. The minimum absolute atomic E-state index is 0.0452. The van der Waals surface area contributed by atoms with Gasteiger partial charge in [-0.05, 0) is 38.1 Å². The lowest BCUT2D eigenvalue weighted by Gasteiger charge is -2.21. The monoisotopic (exact) mass is 420 g/mol. The molecule has 0 radical (unpaired) electrons. The van der Waals surface area contributed by atoms with Gasteiger partial charge in [0.05, 0.1) is 29.8 Å². The van der Waals surface area contributed by atoms with Gasteiger partial charge in [0.1, 0.15) is 0 Å². The van der Waals surface area contributed by atoms with Gasteiger partial charge >= 0.3 is 0 Å². The average molecular weight is 421 g/mol. The molecule has 3 rings (SSSR count). The summed E-state index contributed by atoms with van der Waals surface area (Å²) in [7, 11) is 3.64. The number of anilines is 2. The fourth-order valence-electron chi connectivity index (χ4n) is 3.31. The Bertz CT molecular complexity index is 1130. The zero-order valence-corrected chi connectivity index (χ0v) is 18.3. The molecule has 1 atom stereocenters. The first-order valence-corrected chi connectivity index (χ1v) is 10.1. The minimum Gasteiger partial charge on any atom is -0.371 e. The number of aromatic nitrogens is 4. The van der Waals surface area contributed by atoms with Gasteiger partial charge in [0.2, 0.25) is 5.95 Å². The SMILES string of the molecule is CC#CCn1c(N(C)C[C@H](C)N)nc(NC)c1C(=O)NCc1ccc2ncccc2n1. The van der Waals surface area contributed by atoms with Crippen LogP contribution in [0.2, 0.25) is 0 Å². The van der Waals surface area contributed by atoms with Crippen LogP contribution in [0, 0.1) is 11.8 Å². The second kappa shape index (κ2) is 9.91. The number of hydrogen-bond donors (Lipinski definition) is 3.